The molecule has 0 bridgehead atoms. The van der Waals surface area contributed by atoms with Gasteiger partial charge >= 0.3 is 0 Å². The number of anilines is 2. The number of benzene rings is 2. The number of nitrogens with zero attached hydrogens (tertiary/aromatic N) is 3. The van der Waals surface area contributed by atoms with Crippen LogP contribution in [-0.2, 0) is 6.42 Å². The molecule has 4 aromatic rings. The molecule has 0 radical (unpaired) electrons. The van der Waals surface area contributed by atoms with Crippen LogP contribution in [0.1, 0.15) is 17.1 Å². The smallest absolute Gasteiger partial charge is 0.153 e. The van der Waals surface area contributed by atoms with Crippen molar-refractivity contribution in [2.45, 2.75) is 13.3 Å². The van der Waals surface area contributed by atoms with Gasteiger partial charge in [0, 0.05) is 23.6 Å². The number of hydrogen-bond donors (Lipinski definition) is 2. The number of fused-ring (bicyclic) bond motifs is 1. The third-order valence-corrected chi connectivity index (χ3v) is 3.95. The monoisotopic (exact) mass is 351 g/mol. The van der Waals surface area contributed by atoms with E-state index >= 15 is 0 Å². The van der Waals surface area contributed by atoms with Crippen molar-refractivity contribution in [2.24, 2.45) is 0 Å². The zero-order valence-corrected chi connectivity index (χ0v) is 13.9. The van der Waals surface area contributed by atoms with Gasteiger partial charge in [-0.15, -0.1) is 0 Å². The zero-order valence-electron chi connectivity index (χ0n) is 13.9. The summed E-state index contributed by atoms with van der Waals surface area (Å²) in [6, 6.07) is 12.6. The minimum Gasteiger partial charge on any atom is -0.323 e. The molecule has 0 unspecified atom stereocenters. The van der Waals surface area contributed by atoms with Crippen molar-refractivity contribution in [3.63, 3.8) is 0 Å². The van der Waals surface area contributed by atoms with E-state index in [-0.39, 0.29) is 11.3 Å². The number of hydrogen-bond acceptors (Lipinski definition) is 4. The maximum atomic E-state index is 14.3. The molecule has 2 aromatic heterocycles. The minimum atomic E-state index is -0.425. The lowest BCUT2D eigenvalue weighted by molar-refractivity contribution is 0.627. The van der Waals surface area contributed by atoms with E-state index in [0.29, 0.717) is 29.3 Å². The number of rotatable bonds is 4. The highest BCUT2D eigenvalue weighted by Gasteiger charge is 2.13. The maximum Gasteiger partial charge on any atom is 0.153 e. The Kier molecular flexibility index (Phi) is 4.04. The molecular weight excluding hydrogens is 336 g/mol. The quantitative estimate of drug-likeness (QED) is 0.576. The molecule has 0 spiro atoms. The van der Waals surface area contributed by atoms with Crippen molar-refractivity contribution >= 4 is 22.5 Å². The SMILES string of the molecule is Cc1cc(Nc2nc(Cc3ccc(F)cc3)nc3c(F)cccc23)n[nH]1. The molecule has 2 heterocycles. The first-order valence-electron chi connectivity index (χ1n) is 8.07. The Morgan fingerprint density at radius 2 is 1.85 bits per heavy atom. The molecule has 0 fully saturated rings. The molecule has 0 saturated carbocycles. The molecule has 0 atom stereocenters. The fourth-order valence-electron chi connectivity index (χ4n) is 2.73. The fourth-order valence-corrected chi connectivity index (χ4v) is 2.73. The second kappa shape index (κ2) is 6.51. The van der Waals surface area contributed by atoms with E-state index in [1.165, 1.54) is 18.2 Å². The van der Waals surface area contributed by atoms with E-state index in [4.69, 9.17) is 0 Å². The zero-order chi connectivity index (χ0) is 18.1. The summed E-state index contributed by atoms with van der Waals surface area (Å²) in [6.07, 6.45) is 0.360. The summed E-state index contributed by atoms with van der Waals surface area (Å²) in [6.45, 7) is 1.88. The number of para-hydroxylation sites is 1. The highest BCUT2D eigenvalue weighted by atomic mass is 19.1. The molecule has 5 nitrogen and oxygen atoms in total. The molecule has 0 aliphatic carbocycles. The van der Waals surface area contributed by atoms with Crippen LogP contribution in [0.25, 0.3) is 10.9 Å². The number of aromatic amines is 1. The van der Waals surface area contributed by atoms with Crippen LogP contribution in [-0.4, -0.2) is 20.2 Å². The van der Waals surface area contributed by atoms with Crippen LogP contribution in [0.4, 0.5) is 20.4 Å². The lowest BCUT2D eigenvalue weighted by Crippen LogP contribution is -2.04. The van der Waals surface area contributed by atoms with E-state index in [1.807, 2.05) is 13.0 Å². The maximum absolute atomic E-state index is 14.3. The van der Waals surface area contributed by atoms with Gasteiger partial charge in [0.2, 0.25) is 0 Å². The van der Waals surface area contributed by atoms with Crippen LogP contribution in [0, 0.1) is 18.6 Å². The molecule has 4 rings (SSSR count). The van der Waals surface area contributed by atoms with Crippen LogP contribution >= 0.6 is 0 Å². The number of aryl methyl sites for hydroxylation is 1. The molecule has 26 heavy (non-hydrogen) atoms. The van der Waals surface area contributed by atoms with Crippen molar-refractivity contribution in [3.8, 4) is 0 Å². The third-order valence-electron chi connectivity index (χ3n) is 3.95. The third kappa shape index (κ3) is 3.23. The van der Waals surface area contributed by atoms with E-state index in [9.17, 15) is 8.78 Å². The van der Waals surface area contributed by atoms with Gasteiger partial charge in [-0.1, -0.05) is 18.2 Å². The highest BCUT2D eigenvalue weighted by Crippen LogP contribution is 2.26. The van der Waals surface area contributed by atoms with Crippen LogP contribution in [0.5, 0.6) is 0 Å². The first kappa shape index (κ1) is 16.1. The largest absolute Gasteiger partial charge is 0.323 e. The van der Waals surface area contributed by atoms with Gasteiger partial charge in [-0.3, -0.25) is 5.10 Å². The Morgan fingerprint density at radius 3 is 2.58 bits per heavy atom. The van der Waals surface area contributed by atoms with Crippen LogP contribution in [0.3, 0.4) is 0 Å². The number of H-pyrrole nitrogens is 1. The van der Waals surface area contributed by atoms with E-state index < -0.39 is 5.82 Å². The summed E-state index contributed by atoms with van der Waals surface area (Å²) in [5, 5.41) is 10.6. The molecule has 2 N–H and O–H groups in total. The molecule has 0 amide bonds. The van der Waals surface area contributed by atoms with Gasteiger partial charge in [0.05, 0.1) is 0 Å². The summed E-state index contributed by atoms with van der Waals surface area (Å²) in [5.41, 5.74) is 1.96. The Hall–Kier alpha value is -3.35. The lowest BCUT2D eigenvalue weighted by atomic mass is 10.1. The molecular formula is C19H15F2N5. The summed E-state index contributed by atoms with van der Waals surface area (Å²) in [4.78, 5) is 8.88. The van der Waals surface area contributed by atoms with Gasteiger partial charge in [-0.2, -0.15) is 5.10 Å². The summed E-state index contributed by atoms with van der Waals surface area (Å²) >= 11 is 0. The van der Waals surface area contributed by atoms with Crippen molar-refractivity contribution in [1.82, 2.24) is 20.2 Å². The first-order chi connectivity index (χ1) is 12.6. The fraction of sp³-hybridized carbons (Fsp3) is 0.105. The Morgan fingerprint density at radius 1 is 1.04 bits per heavy atom. The summed E-state index contributed by atoms with van der Waals surface area (Å²) in [7, 11) is 0. The normalized spacial score (nSPS) is 11.0. The molecule has 7 heteroatoms. The van der Waals surface area contributed by atoms with Gasteiger partial charge in [0.25, 0.3) is 0 Å². The standard InChI is InChI=1S/C19H15F2N5/c1-11-9-17(26-25-11)24-19-14-3-2-4-15(21)18(14)22-16(23-19)10-12-5-7-13(20)8-6-12/h2-9H,10H2,1H3,(H2,22,23,24,25,26). The van der Waals surface area contributed by atoms with Crippen LogP contribution in [0.15, 0.2) is 48.5 Å². The van der Waals surface area contributed by atoms with Crippen molar-refractivity contribution < 1.29 is 8.78 Å². The van der Waals surface area contributed by atoms with Crippen molar-refractivity contribution in [2.75, 3.05) is 5.32 Å². The van der Waals surface area contributed by atoms with Gasteiger partial charge in [-0.25, -0.2) is 18.7 Å². The molecule has 0 aliphatic rings. The van der Waals surface area contributed by atoms with Gasteiger partial charge in [0.15, 0.2) is 5.82 Å². The van der Waals surface area contributed by atoms with Gasteiger partial charge in [-0.05, 0) is 36.8 Å². The Balaban J connectivity index is 1.78. The van der Waals surface area contributed by atoms with E-state index in [1.54, 1.807) is 24.3 Å². The second-order valence-electron chi connectivity index (χ2n) is 5.99. The molecule has 0 saturated heterocycles. The number of nitrogens with one attached hydrogen (secondary N) is 2. The molecule has 2 aromatic carbocycles. The summed E-state index contributed by atoms with van der Waals surface area (Å²) < 4.78 is 27.4. The predicted octanol–water partition coefficient (Wildman–Crippen LogP) is 4.27. The summed E-state index contributed by atoms with van der Waals surface area (Å²) in [5.74, 6) is 0.753. The predicted molar refractivity (Wildman–Crippen MR) is 95.3 cm³/mol. The molecule has 0 aliphatic heterocycles. The average Bonchev–Trinajstić information content (AvgIpc) is 3.03. The Bertz CT molecular complexity index is 1070. The highest BCUT2D eigenvalue weighted by molar-refractivity contribution is 5.90. The van der Waals surface area contributed by atoms with E-state index in [0.717, 1.165) is 11.3 Å². The Labute approximate surface area is 148 Å². The first-order valence-corrected chi connectivity index (χ1v) is 8.07. The van der Waals surface area contributed by atoms with Gasteiger partial charge in [0.1, 0.15) is 28.8 Å². The van der Waals surface area contributed by atoms with E-state index in [2.05, 4.69) is 25.5 Å². The minimum absolute atomic E-state index is 0.231. The van der Waals surface area contributed by atoms with Crippen LogP contribution < -0.4 is 5.32 Å². The topological polar surface area (TPSA) is 66.5 Å². The lowest BCUT2D eigenvalue weighted by Gasteiger charge is -2.10. The van der Waals surface area contributed by atoms with Crippen LogP contribution in [0.2, 0.25) is 0 Å². The second-order valence-corrected chi connectivity index (χ2v) is 5.99. The number of halogens is 2. The van der Waals surface area contributed by atoms with Crippen molar-refractivity contribution in [1.29, 1.82) is 0 Å². The number of aromatic nitrogens is 4. The average molecular weight is 351 g/mol. The molecule has 130 valence electrons. The van der Waals surface area contributed by atoms with Crippen molar-refractivity contribution in [3.05, 3.63) is 77.2 Å². The van der Waals surface area contributed by atoms with Gasteiger partial charge < -0.3 is 5.32 Å².